The van der Waals surface area contributed by atoms with E-state index in [0.717, 1.165) is 6.54 Å². The van der Waals surface area contributed by atoms with Gasteiger partial charge in [0.25, 0.3) is 0 Å². The summed E-state index contributed by atoms with van der Waals surface area (Å²) in [5.41, 5.74) is -0.722. The van der Waals surface area contributed by atoms with Gasteiger partial charge in [0.2, 0.25) is 0 Å². The van der Waals surface area contributed by atoms with Crippen LogP contribution in [0.1, 0.15) is 39.5 Å². The van der Waals surface area contributed by atoms with Crippen LogP contribution in [0.5, 0.6) is 0 Å². The van der Waals surface area contributed by atoms with Gasteiger partial charge in [0.1, 0.15) is 0 Å². The van der Waals surface area contributed by atoms with Crippen molar-refractivity contribution in [1.82, 2.24) is 5.32 Å². The minimum atomic E-state index is -0.728. The number of thioether (sulfide) groups is 1. The highest BCUT2D eigenvalue weighted by atomic mass is 32.2. The molecule has 1 rings (SSSR count). The highest BCUT2D eigenvalue weighted by Gasteiger charge is 2.35. The molecule has 0 bridgehead atoms. The Balaban J connectivity index is 2.33. The highest BCUT2D eigenvalue weighted by Crippen LogP contribution is 2.32. The van der Waals surface area contributed by atoms with E-state index in [-0.39, 0.29) is 10.7 Å². The monoisotopic (exact) mass is 275 g/mol. The van der Waals surface area contributed by atoms with Gasteiger partial charge < -0.3 is 15.5 Å². The zero-order chi connectivity index (χ0) is 13.8. The molecule has 0 amide bonds. The van der Waals surface area contributed by atoms with Crippen LogP contribution in [0.15, 0.2) is 0 Å². The molecule has 0 aliphatic heterocycles. The zero-order valence-electron chi connectivity index (χ0n) is 11.5. The molecule has 0 aromatic rings. The van der Waals surface area contributed by atoms with Crippen LogP contribution in [0.3, 0.4) is 0 Å². The smallest absolute Gasteiger partial charge is 0.306 e. The Morgan fingerprint density at radius 1 is 1.44 bits per heavy atom. The summed E-state index contributed by atoms with van der Waals surface area (Å²) >= 11 is 1.80. The fourth-order valence-corrected chi connectivity index (χ4v) is 2.49. The lowest BCUT2D eigenvalue weighted by Crippen LogP contribution is -2.47. The molecular formula is C13H25NO3S. The number of aliphatic carboxylic acids is 1. The first-order valence-corrected chi connectivity index (χ1v) is 7.71. The maximum absolute atomic E-state index is 10.8. The van der Waals surface area contributed by atoms with Gasteiger partial charge in [-0.3, -0.25) is 4.79 Å². The van der Waals surface area contributed by atoms with Gasteiger partial charge in [-0.2, -0.15) is 11.8 Å². The molecule has 0 aromatic carbocycles. The molecule has 0 aromatic heterocycles. The van der Waals surface area contributed by atoms with Gasteiger partial charge >= 0.3 is 5.97 Å². The number of aliphatic hydroxyl groups is 1. The fourth-order valence-electron chi connectivity index (χ4n) is 2.25. The van der Waals surface area contributed by atoms with Gasteiger partial charge in [-0.05, 0) is 45.8 Å². The van der Waals surface area contributed by atoms with E-state index in [2.05, 4.69) is 25.4 Å². The Hall–Kier alpha value is -0.260. The van der Waals surface area contributed by atoms with Crippen molar-refractivity contribution in [3.05, 3.63) is 0 Å². The summed E-state index contributed by atoms with van der Waals surface area (Å²) in [6, 6.07) is 0. The predicted molar refractivity (Wildman–Crippen MR) is 75.0 cm³/mol. The first kappa shape index (κ1) is 15.8. The molecule has 0 spiro atoms. The Bertz CT molecular complexity index is 286. The van der Waals surface area contributed by atoms with E-state index in [0.29, 0.717) is 32.2 Å². The Labute approximate surface area is 114 Å². The van der Waals surface area contributed by atoms with E-state index in [1.54, 1.807) is 11.8 Å². The molecule has 1 fully saturated rings. The first-order chi connectivity index (χ1) is 8.28. The average molecular weight is 275 g/mol. The van der Waals surface area contributed by atoms with Crippen LogP contribution in [-0.2, 0) is 4.79 Å². The standard InChI is InChI=1S/C13H25NO3S/c1-12(2,18-3)8-14-9-13(17)6-4-10(5-7-13)11(15)16/h10,14,17H,4-9H2,1-3H3,(H,15,16). The van der Waals surface area contributed by atoms with Gasteiger partial charge in [-0.1, -0.05) is 0 Å². The Kier molecular flexibility index (Phi) is 5.49. The van der Waals surface area contributed by atoms with E-state index in [4.69, 9.17) is 5.11 Å². The minimum absolute atomic E-state index is 0.161. The number of carboxylic acid groups (broad SMARTS) is 1. The molecule has 0 radical (unpaired) electrons. The molecule has 1 aliphatic rings. The van der Waals surface area contributed by atoms with Crippen molar-refractivity contribution in [2.45, 2.75) is 49.9 Å². The summed E-state index contributed by atoms with van der Waals surface area (Å²) in [6.07, 6.45) is 4.40. The second-order valence-electron chi connectivity index (χ2n) is 5.90. The largest absolute Gasteiger partial charge is 0.481 e. The van der Waals surface area contributed by atoms with Crippen LogP contribution in [0.25, 0.3) is 0 Å². The molecule has 106 valence electrons. The van der Waals surface area contributed by atoms with Crippen LogP contribution in [0, 0.1) is 5.92 Å². The molecular weight excluding hydrogens is 250 g/mol. The van der Waals surface area contributed by atoms with Crippen LogP contribution in [0.2, 0.25) is 0 Å². The third-order valence-corrected chi connectivity index (χ3v) is 5.07. The topological polar surface area (TPSA) is 69.6 Å². The van der Waals surface area contributed by atoms with E-state index in [1.807, 2.05) is 0 Å². The SMILES string of the molecule is CSC(C)(C)CNCC1(O)CCC(C(=O)O)CC1. The molecule has 0 saturated heterocycles. The number of carboxylic acids is 1. The van der Waals surface area contributed by atoms with E-state index in [9.17, 15) is 9.90 Å². The lowest BCUT2D eigenvalue weighted by molar-refractivity contribution is -0.144. The number of rotatable bonds is 6. The lowest BCUT2D eigenvalue weighted by atomic mass is 9.79. The second kappa shape index (κ2) is 6.26. The van der Waals surface area contributed by atoms with Crippen molar-refractivity contribution in [3.63, 3.8) is 0 Å². The molecule has 3 N–H and O–H groups in total. The molecule has 4 nitrogen and oxygen atoms in total. The van der Waals surface area contributed by atoms with Gasteiger partial charge in [0.15, 0.2) is 0 Å². The summed E-state index contributed by atoms with van der Waals surface area (Å²) in [7, 11) is 0. The van der Waals surface area contributed by atoms with Crippen molar-refractivity contribution in [3.8, 4) is 0 Å². The molecule has 1 aliphatic carbocycles. The molecule has 0 heterocycles. The summed E-state index contributed by atoms with van der Waals surface area (Å²) in [5, 5.41) is 22.6. The number of hydrogen-bond donors (Lipinski definition) is 3. The summed E-state index contributed by atoms with van der Waals surface area (Å²) < 4.78 is 0.161. The van der Waals surface area contributed by atoms with E-state index in [1.165, 1.54) is 0 Å². The van der Waals surface area contributed by atoms with Crippen molar-refractivity contribution in [1.29, 1.82) is 0 Å². The first-order valence-electron chi connectivity index (χ1n) is 6.49. The summed E-state index contributed by atoms with van der Waals surface area (Å²) in [6.45, 7) is 5.73. The second-order valence-corrected chi connectivity index (χ2v) is 7.42. The van der Waals surface area contributed by atoms with Crippen molar-refractivity contribution in [2.75, 3.05) is 19.3 Å². The van der Waals surface area contributed by atoms with Crippen molar-refractivity contribution >= 4 is 17.7 Å². The Morgan fingerprint density at radius 2 is 2.00 bits per heavy atom. The van der Waals surface area contributed by atoms with Gasteiger partial charge in [-0.15, -0.1) is 0 Å². The van der Waals surface area contributed by atoms with Crippen LogP contribution in [-0.4, -0.2) is 45.9 Å². The van der Waals surface area contributed by atoms with Crippen LogP contribution in [0.4, 0.5) is 0 Å². The van der Waals surface area contributed by atoms with Gasteiger partial charge in [-0.25, -0.2) is 0 Å². The van der Waals surface area contributed by atoms with Gasteiger partial charge in [0.05, 0.1) is 11.5 Å². The highest BCUT2D eigenvalue weighted by molar-refractivity contribution is 7.99. The maximum Gasteiger partial charge on any atom is 0.306 e. The fraction of sp³-hybridized carbons (Fsp3) is 0.923. The van der Waals surface area contributed by atoms with Crippen LogP contribution >= 0.6 is 11.8 Å². The number of nitrogens with one attached hydrogen (secondary N) is 1. The van der Waals surface area contributed by atoms with Gasteiger partial charge in [0, 0.05) is 17.8 Å². The Morgan fingerprint density at radius 3 is 2.44 bits per heavy atom. The molecule has 1 saturated carbocycles. The quantitative estimate of drug-likeness (QED) is 0.688. The number of hydrogen-bond acceptors (Lipinski definition) is 4. The molecule has 0 unspecified atom stereocenters. The van der Waals surface area contributed by atoms with E-state index >= 15 is 0 Å². The normalized spacial score (nSPS) is 29.2. The third-order valence-electron chi connectivity index (χ3n) is 3.82. The van der Waals surface area contributed by atoms with E-state index < -0.39 is 11.6 Å². The minimum Gasteiger partial charge on any atom is -0.481 e. The van der Waals surface area contributed by atoms with Crippen molar-refractivity contribution in [2.24, 2.45) is 5.92 Å². The van der Waals surface area contributed by atoms with Crippen molar-refractivity contribution < 1.29 is 15.0 Å². The average Bonchev–Trinajstić information content (AvgIpc) is 2.29. The summed E-state index contributed by atoms with van der Waals surface area (Å²) in [4.78, 5) is 10.8. The maximum atomic E-state index is 10.8. The third kappa shape index (κ3) is 4.78. The molecule has 0 atom stereocenters. The predicted octanol–water partition coefficient (Wildman–Crippen LogP) is 1.72. The zero-order valence-corrected chi connectivity index (χ0v) is 12.3. The molecule has 5 heteroatoms. The summed E-state index contributed by atoms with van der Waals surface area (Å²) in [5.74, 6) is -0.999. The lowest BCUT2D eigenvalue weighted by Gasteiger charge is -2.35. The molecule has 18 heavy (non-hydrogen) atoms. The van der Waals surface area contributed by atoms with Crippen LogP contribution < -0.4 is 5.32 Å². The number of carbonyl (C=O) groups is 1.